The van der Waals surface area contributed by atoms with Crippen molar-refractivity contribution >= 4 is 12.6 Å². The van der Waals surface area contributed by atoms with Crippen LogP contribution in [-0.4, -0.2) is 42.5 Å². The van der Waals surface area contributed by atoms with Crippen molar-refractivity contribution in [1.29, 1.82) is 0 Å². The Hall–Kier alpha value is 0.270. The lowest BCUT2D eigenvalue weighted by Crippen LogP contribution is -2.42. The summed E-state index contributed by atoms with van der Waals surface area (Å²) in [6.45, 7) is 3.22. The van der Waals surface area contributed by atoms with Crippen LogP contribution >= 0.6 is 12.6 Å². The van der Waals surface area contributed by atoms with Gasteiger partial charge in [0.15, 0.2) is 0 Å². The molecule has 0 amide bonds. The van der Waals surface area contributed by atoms with Crippen LogP contribution in [0.5, 0.6) is 0 Å². The van der Waals surface area contributed by atoms with Gasteiger partial charge in [0.1, 0.15) is 0 Å². The van der Waals surface area contributed by atoms with Gasteiger partial charge in [0.2, 0.25) is 0 Å². The molecule has 0 aliphatic carbocycles. The van der Waals surface area contributed by atoms with E-state index in [2.05, 4.69) is 24.6 Å². The van der Waals surface area contributed by atoms with Crippen molar-refractivity contribution in [3.63, 3.8) is 0 Å². The predicted octanol–water partition coefficient (Wildman–Crippen LogP) is 1.17. The minimum Gasteiger partial charge on any atom is -0.374 e. The van der Waals surface area contributed by atoms with Crippen molar-refractivity contribution in [2.75, 3.05) is 26.7 Å². The molecule has 0 aromatic carbocycles. The second kappa shape index (κ2) is 3.20. The number of likely N-dealkylation sites (tertiary alicyclic amines) is 1. The summed E-state index contributed by atoms with van der Waals surface area (Å²) in [5, 5.41) is 0.480. The molecular weight excluding hydrogens is 170 g/mol. The molecule has 70 valence electrons. The standard InChI is InChI=1S/C9H17NOS/c1-10-4-2-9(3-5-10)6-8(12)7-11-9/h8,12H,2-7H2,1H3. The van der Waals surface area contributed by atoms with Crippen LogP contribution in [0.25, 0.3) is 0 Å². The average molecular weight is 187 g/mol. The Labute approximate surface area is 79.7 Å². The molecule has 3 heteroatoms. The van der Waals surface area contributed by atoms with Gasteiger partial charge in [0.25, 0.3) is 0 Å². The maximum Gasteiger partial charge on any atom is 0.0718 e. The zero-order valence-corrected chi connectivity index (χ0v) is 8.52. The molecule has 0 saturated carbocycles. The van der Waals surface area contributed by atoms with E-state index in [0.717, 1.165) is 13.0 Å². The fourth-order valence-corrected chi connectivity index (χ4v) is 2.60. The second-order valence-electron chi connectivity index (χ2n) is 4.16. The van der Waals surface area contributed by atoms with Gasteiger partial charge in [-0.05, 0) is 26.3 Å². The molecule has 2 aliphatic heterocycles. The average Bonchev–Trinajstić information content (AvgIpc) is 2.40. The Bertz CT molecular complexity index is 166. The summed E-state index contributed by atoms with van der Waals surface area (Å²) in [6, 6.07) is 0. The Morgan fingerprint density at radius 1 is 1.42 bits per heavy atom. The molecule has 2 aliphatic rings. The van der Waals surface area contributed by atoms with Crippen molar-refractivity contribution < 1.29 is 4.74 Å². The minimum absolute atomic E-state index is 0.207. The number of hydrogen-bond acceptors (Lipinski definition) is 3. The molecule has 2 fully saturated rings. The highest BCUT2D eigenvalue weighted by Crippen LogP contribution is 2.37. The molecule has 2 heterocycles. The van der Waals surface area contributed by atoms with Crippen molar-refractivity contribution in [2.24, 2.45) is 0 Å². The first kappa shape index (κ1) is 8.85. The third-order valence-corrected chi connectivity index (χ3v) is 3.42. The molecule has 0 aromatic heterocycles. The van der Waals surface area contributed by atoms with Crippen molar-refractivity contribution in [1.82, 2.24) is 4.90 Å². The first-order valence-electron chi connectivity index (χ1n) is 4.71. The van der Waals surface area contributed by atoms with Gasteiger partial charge >= 0.3 is 0 Å². The molecule has 1 atom stereocenters. The molecule has 0 bridgehead atoms. The van der Waals surface area contributed by atoms with Gasteiger partial charge in [0.05, 0.1) is 12.2 Å². The molecule has 1 unspecified atom stereocenters. The summed E-state index contributed by atoms with van der Waals surface area (Å²) >= 11 is 4.46. The third kappa shape index (κ3) is 1.63. The lowest BCUT2D eigenvalue weighted by atomic mass is 9.89. The van der Waals surface area contributed by atoms with E-state index in [0.29, 0.717) is 5.25 Å². The Kier molecular flexibility index (Phi) is 2.36. The number of nitrogens with zero attached hydrogens (tertiary/aromatic N) is 1. The largest absolute Gasteiger partial charge is 0.374 e. The van der Waals surface area contributed by atoms with Gasteiger partial charge in [-0.2, -0.15) is 12.6 Å². The van der Waals surface area contributed by atoms with Crippen LogP contribution < -0.4 is 0 Å². The van der Waals surface area contributed by atoms with Gasteiger partial charge in [-0.3, -0.25) is 0 Å². The summed E-state index contributed by atoms with van der Waals surface area (Å²) in [6.07, 6.45) is 3.55. The normalized spacial score (nSPS) is 36.0. The first-order valence-corrected chi connectivity index (χ1v) is 5.22. The van der Waals surface area contributed by atoms with Crippen molar-refractivity contribution in [3.05, 3.63) is 0 Å². The summed E-state index contributed by atoms with van der Waals surface area (Å²) < 4.78 is 5.84. The summed E-state index contributed by atoms with van der Waals surface area (Å²) in [5.41, 5.74) is 0.207. The monoisotopic (exact) mass is 187 g/mol. The van der Waals surface area contributed by atoms with E-state index in [9.17, 15) is 0 Å². The van der Waals surface area contributed by atoms with Crippen LogP contribution in [0, 0.1) is 0 Å². The van der Waals surface area contributed by atoms with E-state index in [1.54, 1.807) is 0 Å². The quantitative estimate of drug-likeness (QED) is 0.572. The molecule has 2 saturated heterocycles. The molecule has 0 N–H and O–H groups in total. The molecule has 2 rings (SSSR count). The number of ether oxygens (including phenoxy) is 1. The van der Waals surface area contributed by atoms with Crippen LogP contribution in [0.15, 0.2) is 0 Å². The van der Waals surface area contributed by atoms with Crippen LogP contribution in [0.3, 0.4) is 0 Å². The van der Waals surface area contributed by atoms with E-state index >= 15 is 0 Å². The maximum atomic E-state index is 5.84. The Morgan fingerprint density at radius 3 is 2.58 bits per heavy atom. The second-order valence-corrected chi connectivity index (χ2v) is 4.89. The van der Waals surface area contributed by atoms with Gasteiger partial charge < -0.3 is 9.64 Å². The number of thiol groups is 1. The van der Waals surface area contributed by atoms with Crippen LogP contribution in [0.1, 0.15) is 19.3 Å². The third-order valence-electron chi connectivity index (χ3n) is 3.09. The van der Waals surface area contributed by atoms with Crippen molar-refractivity contribution in [2.45, 2.75) is 30.1 Å². The minimum atomic E-state index is 0.207. The molecule has 0 radical (unpaired) electrons. The molecular formula is C9H17NOS. The van der Waals surface area contributed by atoms with E-state index in [4.69, 9.17) is 4.74 Å². The SMILES string of the molecule is CN1CCC2(CC1)CC(S)CO2. The summed E-state index contributed by atoms with van der Waals surface area (Å²) in [4.78, 5) is 2.38. The predicted molar refractivity (Wildman–Crippen MR) is 52.8 cm³/mol. The van der Waals surface area contributed by atoms with E-state index < -0.39 is 0 Å². The van der Waals surface area contributed by atoms with Crippen LogP contribution in [-0.2, 0) is 4.74 Å². The van der Waals surface area contributed by atoms with E-state index in [1.807, 2.05) is 0 Å². The highest BCUT2D eigenvalue weighted by Gasteiger charge is 2.40. The number of rotatable bonds is 0. The first-order chi connectivity index (χ1) is 5.70. The topological polar surface area (TPSA) is 12.5 Å². The smallest absolute Gasteiger partial charge is 0.0718 e. The van der Waals surface area contributed by atoms with Crippen LogP contribution in [0.2, 0.25) is 0 Å². The molecule has 12 heavy (non-hydrogen) atoms. The fourth-order valence-electron chi connectivity index (χ4n) is 2.19. The maximum absolute atomic E-state index is 5.84. The van der Waals surface area contributed by atoms with Gasteiger partial charge in [0, 0.05) is 18.3 Å². The molecule has 1 spiro atoms. The van der Waals surface area contributed by atoms with Gasteiger partial charge in [-0.15, -0.1) is 0 Å². The van der Waals surface area contributed by atoms with E-state index in [1.165, 1.54) is 25.9 Å². The van der Waals surface area contributed by atoms with Crippen molar-refractivity contribution in [3.8, 4) is 0 Å². The highest BCUT2D eigenvalue weighted by molar-refractivity contribution is 7.81. The lowest BCUT2D eigenvalue weighted by Gasteiger charge is -2.36. The lowest BCUT2D eigenvalue weighted by molar-refractivity contribution is -0.0390. The Morgan fingerprint density at radius 2 is 2.08 bits per heavy atom. The zero-order valence-electron chi connectivity index (χ0n) is 7.62. The summed E-state index contributed by atoms with van der Waals surface area (Å²) in [7, 11) is 2.18. The van der Waals surface area contributed by atoms with E-state index in [-0.39, 0.29) is 5.60 Å². The Balaban J connectivity index is 1.95. The van der Waals surface area contributed by atoms with Gasteiger partial charge in [-0.1, -0.05) is 0 Å². The summed E-state index contributed by atoms with van der Waals surface area (Å²) in [5.74, 6) is 0. The highest BCUT2D eigenvalue weighted by atomic mass is 32.1. The zero-order chi connectivity index (χ0) is 8.60. The van der Waals surface area contributed by atoms with Crippen LogP contribution in [0.4, 0.5) is 0 Å². The number of hydrogen-bond donors (Lipinski definition) is 1. The molecule has 2 nitrogen and oxygen atoms in total. The number of piperidine rings is 1. The molecule has 0 aromatic rings. The van der Waals surface area contributed by atoms with Gasteiger partial charge in [-0.25, -0.2) is 0 Å². The fraction of sp³-hybridized carbons (Fsp3) is 1.00.